The van der Waals surface area contributed by atoms with E-state index in [4.69, 9.17) is 11.5 Å². The first-order valence-corrected chi connectivity index (χ1v) is 9.14. The molecule has 2 rings (SSSR count). The van der Waals surface area contributed by atoms with Crippen molar-refractivity contribution in [2.75, 3.05) is 16.8 Å². The van der Waals surface area contributed by atoms with E-state index in [0.717, 1.165) is 17.7 Å². The topological polar surface area (TPSA) is 101 Å². The number of rotatable bonds is 9. The highest BCUT2D eigenvalue weighted by molar-refractivity contribution is 5.95. The summed E-state index contributed by atoms with van der Waals surface area (Å²) < 4.78 is 0. The number of primary amides is 1. The Hall–Kier alpha value is -2.86. The third-order valence-electron chi connectivity index (χ3n) is 4.60. The first-order valence-electron chi connectivity index (χ1n) is 9.14. The molecule has 0 aliphatic rings. The van der Waals surface area contributed by atoms with E-state index in [2.05, 4.69) is 5.32 Å². The molecule has 144 valence electrons. The summed E-state index contributed by atoms with van der Waals surface area (Å²) in [5.74, 6) is -0.539. The molecule has 0 saturated heterocycles. The van der Waals surface area contributed by atoms with Gasteiger partial charge in [-0.25, -0.2) is 0 Å². The molecule has 2 amide bonds. The van der Waals surface area contributed by atoms with Crippen LogP contribution in [-0.2, 0) is 16.1 Å². The van der Waals surface area contributed by atoms with E-state index in [9.17, 15) is 9.59 Å². The van der Waals surface area contributed by atoms with Crippen molar-refractivity contribution in [1.29, 1.82) is 0 Å². The van der Waals surface area contributed by atoms with Gasteiger partial charge in [0.2, 0.25) is 11.8 Å². The molecule has 2 aromatic rings. The van der Waals surface area contributed by atoms with Crippen LogP contribution in [0.3, 0.4) is 0 Å². The standard InChI is InChI=1S/C21H28N4O2/c1-3-15(2)20(23)21(27)24-17-10-7-11-18(12-17)25(14-19(22)26)13-16-8-5-4-6-9-16/h4-12,15,20H,3,13-14,23H2,1-2H3,(H2,22,26)(H,24,27). The van der Waals surface area contributed by atoms with Crippen molar-refractivity contribution in [2.24, 2.45) is 17.4 Å². The maximum absolute atomic E-state index is 12.3. The van der Waals surface area contributed by atoms with Gasteiger partial charge in [-0.3, -0.25) is 9.59 Å². The monoisotopic (exact) mass is 368 g/mol. The molecule has 5 N–H and O–H groups in total. The van der Waals surface area contributed by atoms with Crippen LogP contribution in [0.5, 0.6) is 0 Å². The number of hydrogen-bond donors (Lipinski definition) is 3. The normalized spacial score (nSPS) is 12.9. The zero-order valence-corrected chi connectivity index (χ0v) is 15.9. The molecule has 0 bridgehead atoms. The Kier molecular flexibility index (Phi) is 7.37. The number of nitrogens with one attached hydrogen (secondary N) is 1. The Balaban J connectivity index is 2.18. The van der Waals surface area contributed by atoms with E-state index in [0.29, 0.717) is 12.2 Å². The zero-order chi connectivity index (χ0) is 19.8. The molecule has 0 heterocycles. The second-order valence-corrected chi connectivity index (χ2v) is 6.76. The molecule has 2 atom stereocenters. The Morgan fingerprint density at radius 1 is 1.11 bits per heavy atom. The minimum absolute atomic E-state index is 0.0820. The van der Waals surface area contributed by atoms with E-state index >= 15 is 0 Å². The van der Waals surface area contributed by atoms with E-state index in [1.807, 2.05) is 67.3 Å². The number of nitrogens with zero attached hydrogens (tertiary/aromatic N) is 1. The molecule has 0 aliphatic carbocycles. The fourth-order valence-electron chi connectivity index (χ4n) is 2.75. The van der Waals surface area contributed by atoms with E-state index in [-0.39, 0.29) is 18.4 Å². The van der Waals surface area contributed by atoms with Crippen molar-refractivity contribution in [1.82, 2.24) is 0 Å². The lowest BCUT2D eigenvalue weighted by Gasteiger charge is -2.24. The summed E-state index contributed by atoms with van der Waals surface area (Å²) in [6.45, 7) is 4.57. The van der Waals surface area contributed by atoms with Crippen LogP contribution < -0.4 is 21.7 Å². The highest BCUT2D eigenvalue weighted by Crippen LogP contribution is 2.22. The van der Waals surface area contributed by atoms with Crippen LogP contribution in [0.4, 0.5) is 11.4 Å². The molecule has 6 nitrogen and oxygen atoms in total. The van der Waals surface area contributed by atoms with Crippen molar-refractivity contribution in [2.45, 2.75) is 32.9 Å². The minimum Gasteiger partial charge on any atom is -0.368 e. The van der Waals surface area contributed by atoms with Gasteiger partial charge in [-0.1, -0.05) is 56.7 Å². The van der Waals surface area contributed by atoms with Crippen molar-refractivity contribution in [3.05, 3.63) is 60.2 Å². The van der Waals surface area contributed by atoms with E-state index in [1.165, 1.54) is 0 Å². The van der Waals surface area contributed by atoms with Crippen LogP contribution in [-0.4, -0.2) is 24.4 Å². The number of anilines is 2. The number of hydrogen-bond acceptors (Lipinski definition) is 4. The first-order chi connectivity index (χ1) is 12.9. The van der Waals surface area contributed by atoms with Crippen molar-refractivity contribution < 1.29 is 9.59 Å². The molecular weight excluding hydrogens is 340 g/mol. The summed E-state index contributed by atoms with van der Waals surface area (Å²) in [6, 6.07) is 16.6. The third-order valence-corrected chi connectivity index (χ3v) is 4.60. The Morgan fingerprint density at radius 3 is 2.44 bits per heavy atom. The van der Waals surface area contributed by atoms with Gasteiger partial charge in [0.25, 0.3) is 0 Å². The van der Waals surface area contributed by atoms with Gasteiger partial charge < -0.3 is 21.7 Å². The smallest absolute Gasteiger partial charge is 0.241 e. The minimum atomic E-state index is -0.565. The molecule has 0 aliphatic heterocycles. The average molecular weight is 368 g/mol. The summed E-state index contributed by atoms with van der Waals surface area (Å²) >= 11 is 0. The number of amides is 2. The third kappa shape index (κ3) is 6.11. The second kappa shape index (κ2) is 9.73. The highest BCUT2D eigenvalue weighted by Gasteiger charge is 2.20. The van der Waals surface area contributed by atoms with E-state index < -0.39 is 11.9 Å². The Labute approximate surface area is 160 Å². The summed E-state index contributed by atoms with van der Waals surface area (Å²) in [6.07, 6.45) is 0.831. The van der Waals surface area contributed by atoms with Crippen LogP contribution in [0.25, 0.3) is 0 Å². The van der Waals surface area contributed by atoms with Gasteiger partial charge in [0.15, 0.2) is 0 Å². The van der Waals surface area contributed by atoms with Crippen molar-refractivity contribution in [3.63, 3.8) is 0 Å². The van der Waals surface area contributed by atoms with Gasteiger partial charge in [0, 0.05) is 17.9 Å². The Morgan fingerprint density at radius 2 is 1.81 bits per heavy atom. The lowest BCUT2D eigenvalue weighted by atomic mass is 9.99. The molecule has 0 spiro atoms. The van der Waals surface area contributed by atoms with Crippen molar-refractivity contribution >= 4 is 23.2 Å². The largest absolute Gasteiger partial charge is 0.368 e. The molecule has 0 radical (unpaired) electrons. The number of benzene rings is 2. The van der Waals surface area contributed by atoms with Gasteiger partial charge in [-0.15, -0.1) is 0 Å². The quantitative estimate of drug-likeness (QED) is 0.633. The SMILES string of the molecule is CCC(C)C(N)C(=O)Nc1cccc(N(CC(N)=O)Cc2ccccc2)c1. The lowest BCUT2D eigenvalue weighted by molar-refractivity contribution is -0.118. The molecule has 27 heavy (non-hydrogen) atoms. The molecule has 0 fully saturated rings. The molecule has 2 unspecified atom stereocenters. The predicted octanol–water partition coefficient (Wildman–Crippen LogP) is 2.49. The van der Waals surface area contributed by atoms with Gasteiger partial charge in [-0.2, -0.15) is 0 Å². The Bertz CT molecular complexity index is 764. The summed E-state index contributed by atoms with van der Waals surface area (Å²) in [5, 5.41) is 2.86. The molecule has 2 aromatic carbocycles. The lowest BCUT2D eigenvalue weighted by Crippen LogP contribution is -2.40. The van der Waals surface area contributed by atoms with E-state index in [1.54, 1.807) is 6.07 Å². The summed E-state index contributed by atoms with van der Waals surface area (Å²) in [7, 11) is 0. The second-order valence-electron chi connectivity index (χ2n) is 6.76. The fraction of sp³-hybridized carbons (Fsp3) is 0.333. The maximum atomic E-state index is 12.3. The van der Waals surface area contributed by atoms with Crippen LogP contribution in [0.2, 0.25) is 0 Å². The van der Waals surface area contributed by atoms with Crippen LogP contribution in [0, 0.1) is 5.92 Å². The van der Waals surface area contributed by atoms with Gasteiger partial charge in [0.05, 0.1) is 12.6 Å². The zero-order valence-electron chi connectivity index (χ0n) is 15.9. The number of carbonyl (C=O) groups is 2. The van der Waals surface area contributed by atoms with Crippen molar-refractivity contribution in [3.8, 4) is 0 Å². The average Bonchev–Trinajstić information content (AvgIpc) is 2.67. The van der Waals surface area contributed by atoms with Gasteiger partial charge in [0.1, 0.15) is 0 Å². The van der Waals surface area contributed by atoms with Crippen LogP contribution >= 0.6 is 0 Å². The van der Waals surface area contributed by atoms with Crippen LogP contribution in [0.1, 0.15) is 25.8 Å². The summed E-state index contributed by atoms with van der Waals surface area (Å²) in [5.41, 5.74) is 13.9. The van der Waals surface area contributed by atoms with Gasteiger partial charge >= 0.3 is 0 Å². The highest BCUT2D eigenvalue weighted by atomic mass is 16.2. The van der Waals surface area contributed by atoms with Crippen LogP contribution in [0.15, 0.2) is 54.6 Å². The molecular formula is C21H28N4O2. The fourth-order valence-corrected chi connectivity index (χ4v) is 2.75. The summed E-state index contributed by atoms with van der Waals surface area (Å²) in [4.78, 5) is 25.7. The predicted molar refractivity (Wildman–Crippen MR) is 109 cm³/mol. The maximum Gasteiger partial charge on any atom is 0.241 e. The molecule has 0 saturated carbocycles. The number of carbonyl (C=O) groups excluding carboxylic acids is 2. The first kappa shape index (κ1) is 20.5. The van der Waals surface area contributed by atoms with Gasteiger partial charge in [-0.05, 0) is 29.7 Å². The molecule has 6 heteroatoms. The number of nitrogens with two attached hydrogens (primary N) is 2. The molecule has 0 aromatic heterocycles.